The average Bonchev–Trinajstić information content (AvgIpc) is 3.14. The Bertz CT molecular complexity index is 1040. The zero-order valence-corrected chi connectivity index (χ0v) is 17.8. The second-order valence-corrected chi connectivity index (χ2v) is 7.88. The number of aryl methyl sites for hydroxylation is 1. The third-order valence-corrected chi connectivity index (χ3v) is 5.63. The highest BCUT2D eigenvalue weighted by molar-refractivity contribution is 5.93. The number of para-hydroxylation sites is 1. The SMILES string of the molecule is Cc1cccc(-n2nnc(C(=O)NCc3ccccc3N3CCN(C)CC3)c2C)c1. The number of carbonyl (C=O) groups excluding carboxylic acids is 1. The average molecular weight is 405 g/mol. The summed E-state index contributed by atoms with van der Waals surface area (Å²) in [6.07, 6.45) is 0. The number of amides is 1. The first kappa shape index (κ1) is 20.1. The molecule has 30 heavy (non-hydrogen) atoms. The molecule has 156 valence electrons. The molecule has 4 rings (SSSR count). The topological polar surface area (TPSA) is 66.3 Å². The zero-order valence-electron chi connectivity index (χ0n) is 17.8. The van der Waals surface area contributed by atoms with E-state index in [1.807, 2.05) is 44.2 Å². The molecular weight excluding hydrogens is 376 g/mol. The van der Waals surface area contributed by atoms with E-state index in [4.69, 9.17) is 0 Å². The summed E-state index contributed by atoms with van der Waals surface area (Å²) in [6.45, 7) is 8.43. The highest BCUT2D eigenvalue weighted by atomic mass is 16.2. The van der Waals surface area contributed by atoms with Crippen molar-refractivity contribution < 1.29 is 4.79 Å². The van der Waals surface area contributed by atoms with Crippen molar-refractivity contribution in [1.82, 2.24) is 25.2 Å². The van der Waals surface area contributed by atoms with Gasteiger partial charge in [0.1, 0.15) is 0 Å². The fourth-order valence-corrected chi connectivity index (χ4v) is 3.82. The summed E-state index contributed by atoms with van der Waals surface area (Å²) in [5.74, 6) is -0.209. The van der Waals surface area contributed by atoms with E-state index in [0.29, 0.717) is 12.2 Å². The van der Waals surface area contributed by atoms with Crippen molar-refractivity contribution in [2.75, 3.05) is 38.1 Å². The summed E-state index contributed by atoms with van der Waals surface area (Å²) in [5, 5.41) is 11.4. The highest BCUT2D eigenvalue weighted by Crippen LogP contribution is 2.22. The quantitative estimate of drug-likeness (QED) is 0.708. The Morgan fingerprint density at radius 2 is 1.80 bits per heavy atom. The Hall–Kier alpha value is -3.19. The van der Waals surface area contributed by atoms with Crippen LogP contribution in [0.3, 0.4) is 0 Å². The van der Waals surface area contributed by atoms with Gasteiger partial charge >= 0.3 is 0 Å². The van der Waals surface area contributed by atoms with Gasteiger partial charge < -0.3 is 15.1 Å². The van der Waals surface area contributed by atoms with E-state index in [1.165, 1.54) is 5.69 Å². The smallest absolute Gasteiger partial charge is 0.274 e. The Labute approximate surface area is 177 Å². The third kappa shape index (κ3) is 4.21. The maximum absolute atomic E-state index is 12.8. The molecule has 1 N–H and O–H groups in total. The molecule has 7 nitrogen and oxygen atoms in total. The standard InChI is InChI=1S/C23H28N6O/c1-17-7-6-9-20(15-17)29-18(2)22(25-26-29)23(30)24-16-19-8-4-5-10-21(19)28-13-11-27(3)12-14-28/h4-10,15H,11-14,16H2,1-3H3,(H,24,30). The Kier molecular flexibility index (Phi) is 5.81. The van der Waals surface area contributed by atoms with Crippen LogP contribution >= 0.6 is 0 Å². The van der Waals surface area contributed by atoms with Crippen LogP contribution in [0.5, 0.6) is 0 Å². The predicted molar refractivity (Wildman–Crippen MR) is 118 cm³/mol. The molecule has 0 atom stereocenters. The summed E-state index contributed by atoms with van der Waals surface area (Å²) in [7, 11) is 2.15. The van der Waals surface area contributed by atoms with Crippen LogP contribution in [0.25, 0.3) is 5.69 Å². The van der Waals surface area contributed by atoms with Crippen LogP contribution in [0.1, 0.15) is 27.3 Å². The number of hydrogen-bond acceptors (Lipinski definition) is 5. The molecule has 0 aliphatic carbocycles. The van der Waals surface area contributed by atoms with E-state index in [2.05, 4.69) is 50.7 Å². The van der Waals surface area contributed by atoms with Gasteiger partial charge in [0, 0.05) is 38.4 Å². The minimum absolute atomic E-state index is 0.209. The molecule has 3 aromatic rings. The van der Waals surface area contributed by atoms with Crippen molar-refractivity contribution in [2.24, 2.45) is 0 Å². The predicted octanol–water partition coefficient (Wildman–Crippen LogP) is 2.57. The summed E-state index contributed by atoms with van der Waals surface area (Å²) in [6, 6.07) is 16.3. The number of piperazine rings is 1. The molecule has 0 saturated carbocycles. The monoisotopic (exact) mass is 404 g/mol. The van der Waals surface area contributed by atoms with E-state index in [1.54, 1.807) is 4.68 Å². The second-order valence-electron chi connectivity index (χ2n) is 7.88. The summed E-state index contributed by atoms with van der Waals surface area (Å²) in [4.78, 5) is 17.6. The third-order valence-electron chi connectivity index (χ3n) is 5.63. The minimum atomic E-state index is -0.209. The van der Waals surface area contributed by atoms with Gasteiger partial charge in [-0.1, -0.05) is 35.5 Å². The number of carbonyl (C=O) groups is 1. The van der Waals surface area contributed by atoms with Gasteiger partial charge in [-0.25, -0.2) is 4.68 Å². The van der Waals surface area contributed by atoms with E-state index >= 15 is 0 Å². The Morgan fingerprint density at radius 1 is 1.03 bits per heavy atom. The van der Waals surface area contributed by atoms with Gasteiger partial charge in [-0.05, 0) is 50.2 Å². The lowest BCUT2D eigenvalue weighted by Crippen LogP contribution is -2.45. The van der Waals surface area contributed by atoms with Gasteiger partial charge in [0.25, 0.3) is 5.91 Å². The first-order valence-electron chi connectivity index (χ1n) is 10.3. The van der Waals surface area contributed by atoms with Crippen molar-refractivity contribution in [3.63, 3.8) is 0 Å². The molecule has 0 bridgehead atoms. The molecule has 2 heterocycles. The van der Waals surface area contributed by atoms with Crippen LogP contribution in [0.15, 0.2) is 48.5 Å². The van der Waals surface area contributed by atoms with Crippen LogP contribution in [0.2, 0.25) is 0 Å². The van der Waals surface area contributed by atoms with E-state index in [0.717, 1.165) is 48.7 Å². The van der Waals surface area contributed by atoms with Gasteiger partial charge in [0.15, 0.2) is 5.69 Å². The molecule has 2 aromatic carbocycles. The molecule has 1 aliphatic rings. The lowest BCUT2D eigenvalue weighted by molar-refractivity contribution is 0.0945. The van der Waals surface area contributed by atoms with Gasteiger partial charge in [-0.15, -0.1) is 5.10 Å². The zero-order chi connectivity index (χ0) is 21.1. The molecule has 0 spiro atoms. The van der Waals surface area contributed by atoms with Crippen LogP contribution in [-0.2, 0) is 6.54 Å². The summed E-state index contributed by atoms with van der Waals surface area (Å²) >= 11 is 0. The van der Waals surface area contributed by atoms with Crippen molar-refractivity contribution >= 4 is 11.6 Å². The Morgan fingerprint density at radius 3 is 2.57 bits per heavy atom. The van der Waals surface area contributed by atoms with Crippen molar-refractivity contribution in [3.05, 3.63) is 71.0 Å². The van der Waals surface area contributed by atoms with E-state index in [9.17, 15) is 4.79 Å². The van der Waals surface area contributed by atoms with Crippen molar-refractivity contribution in [1.29, 1.82) is 0 Å². The highest BCUT2D eigenvalue weighted by Gasteiger charge is 2.19. The number of benzene rings is 2. The van der Waals surface area contributed by atoms with Crippen LogP contribution in [0.4, 0.5) is 5.69 Å². The van der Waals surface area contributed by atoms with Gasteiger partial charge in [-0.3, -0.25) is 4.79 Å². The van der Waals surface area contributed by atoms with Gasteiger partial charge in [0.2, 0.25) is 0 Å². The molecule has 1 saturated heterocycles. The summed E-state index contributed by atoms with van der Waals surface area (Å²) < 4.78 is 1.71. The molecule has 0 radical (unpaired) electrons. The number of aromatic nitrogens is 3. The first-order chi connectivity index (χ1) is 14.5. The number of rotatable bonds is 5. The lowest BCUT2D eigenvalue weighted by atomic mass is 10.1. The first-order valence-corrected chi connectivity index (χ1v) is 10.3. The molecule has 1 aliphatic heterocycles. The Balaban J connectivity index is 1.47. The normalized spacial score (nSPS) is 14.7. The number of hydrogen-bond donors (Lipinski definition) is 1. The fourth-order valence-electron chi connectivity index (χ4n) is 3.82. The maximum Gasteiger partial charge on any atom is 0.274 e. The van der Waals surface area contributed by atoms with E-state index < -0.39 is 0 Å². The summed E-state index contributed by atoms with van der Waals surface area (Å²) in [5.41, 5.74) is 5.41. The number of anilines is 1. The number of nitrogens with zero attached hydrogens (tertiary/aromatic N) is 5. The lowest BCUT2D eigenvalue weighted by Gasteiger charge is -2.35. The van der Waals surface area contributed by atoms with Crippen LogP contribution in [0, 0.1) is 13.8 Å². The number of nitrogens with one attached hydrogen (secondary N) is 1. The van der Waals surface area contributed by atoms with Crippen LogP contribution in [-0.4, -0.2) is 59.0 Å². The maximum atomic E-state index is 12.8. The minimum Gasteiger partial charge on any atom is -0.369 e. The molecular formula is C23H28N6O. The molecule has 0 unspecified atom stereocenters. The fraction of sp³-hybridized carbons (Fsp3) is 0.348. The van der Waals surface area contributed by atoms with Crippen molar-refractivity contribution in [3.8, 4) is 5.69 Å². The van der Waals surface area contributed by atoms with Crippen molar-refractivity contribution in [2.45, 2.75) is 20.4 Å². The molecule has 1 aromatic heterocycles. The molecule has 1 amide bonds. The van der Waals surface area contributed by atoms with Gasteiger partial charge in [0.05, 0.1) is 11.4 Å². The van der Waals surface area contributed by atoms with Gasteiger partial charge in [-0.2, -0.15) is 0 Å². The second kappa shape index (κ2) is 8.67. The molecule has 1 fully saturated rings. The number of likely N-dealkylation sites (N-methyl/N-ethyl adjacent to an activating group) is 1. The van der Waals surface area contributed by atoms with E-state index in [-0.39, 0.29) is 5.91 Å². The molecule has 7 heteroatoms. The largest absolute Gasteiger partial charge is 0.369 e. The van der Waals surface area contributed by atoms with Crippen LogP contribution < -0.4 is 10.2 Å².